The van der Waals surface area contributed by atoms with E-state index in [0.717, 1.165) is 17.8 Å². The maximum atomic E-state index is 12.3. The Morgan fingerprint density at radius 2 is 1.55 bits per heavy atom. The molecule has 0 aromatic carbocycles. The average Bonchev–Trinajstić information content (AvgIpc) is 2.36. The van der Waals surface area contributed by atoms with E-state index in [0.29, 0.717) is 6.42 Å². The van der Waals surface area contributed by atoms with Crippen LogP contribution >= 0.6 is 0 Å². The van der Waals surface area contributed by atoms with Gasteiger partial charge in [0.15, 0.2) is 0 Å². The van der Waals surface area contributed by atoms with Gasteiger partial charge >= 0.3 is 0 Å². The van der Waals surface area contributed by atoms with Gasteiger partial charge in [-0.15, -0.1) is 0 Å². The molecular weight excluding hydrogens is 254 g/mol. The zero-order chi connectivity index (χ0) is 14.4. The van der Waals surface area contributed by atoms with Gasteiger partial charge in [-0.3, -0.25) is 4.79 Å². The predicted octanol–water partition coefficient (Wildman–Crippen LogP) is 1.45. The molecule has 4 nitrogen and oxygen atoms in total. The molecule has 0 aromatic rings. The van der Waals surface area contributed by atoms with Gasteiger partial charge in [-0.1, -0.05) is 0 Å². The molecule has 4 rings (SSSR count). The largest absolute Gasteiger partial charge is 0.394 e. The van der Waals surface area contributed by atoms with Crippen LogP contribution in [0.4, 0.5) is 0 Å². The van der Waals surface area contributed by atoms with Crippen LogP contribution in [0, 0.1) is 23.2 Å². The molecule has 0 unspecified atom stereocenters. The summed E-state index contributed by atoms with van der Waals surface area (Å²) in [6, 6.07) is 0. The Morgan fingerprint density at radius 3 is 1.95 bits per heavy atom. The van der Waals surface area contributed by atoms with Crippen LogP contribution in [-0.4, -0.2) is 34.9 Å². The van der Waals surface area contributed by atoms with Gasteiger partial charge in [0.2, 0.25) is 5.91 Å². The van der Waals surface area contributed by atoms with Gasteiger partial charge in [0, 0.05) is 6.42 Å². The van der Waals surface area contributed by atoms with Crippen molar-refractivity contribution >= 4 is 5.91 Å². The maximum absolute atomic E-state index is 12.3. The van der Waals surface area contributed by atoms with Gasteiger partial charge in [0.05, 0.1) is 18.8 Å². The minimum atomic E-state index is -0.890. The van der Waals surface area contributed by atoms with Crippen LogP contribution in [0.2, 0.25) is 0 Å². The van der Waals surface area contributed by atoms with Crippen LogP contribution in [0.1, 0.15) is 51.9 Å². The number of carbonyl (C=O) groups is 1. The normalized spacial score (nSPS) is 39.0. The van der Waals surface area contributed by atoms with Crippen LogP contribution < -0.4 is 5.32 Å². The topological polar surface area (TPSA) is 69.6 Å². The Balaban J connectivity index is 1.64. The monoisotopic (exact) mass is 281 g/mol. The summed E-state index contributed by atoms with van der Waals surface area (Å²) in [5, 5.41) is 21.4. The van der Waals surface area contributed by atoms with E-state index in [4.69, 9.17) is 0 Å². The summed E-state index contributed by atoms with van der Waals surface area (Å²) in [7, 11) is 0. The minimum Gasteiger partial charge on any atom is -0.394 e. The lowest BCUT2D eigenvalue weighted by molar-refractivity contribution is -0.132. The molecule has 4 fully saturated rings. The molecule has 4 bridgehead atoms. The van der Waals surface area contributed by atoms with E-state index >= 15 is 0 Å². The van der Waals surface area contributed by atoms with Gasteiger partial charge in [0.25, 0.3) is 0 Å². The minimum absolute atomic E-state index is 0.00227. The summed E-state index contributed by atoms with van der Waals surface area (Å²) >= 11 is 0. The summed E-state index contributed by atoms with van der Waals surface area (Å²) in [4.78, 5) is 12.3. The van der Waals surface area contributed by atoms with Gasteiger partial charge in [-0.05, 0) is 68.6 Å². The molecule has 0 saturated heterocycles. The summed E-state index contributed by atoms with van der Waals surface area (Å²) in [6.07, 6.45) is 8.35. The number of amides is 1. The average molecular weight is 281 g/mol. The van der Waals surface area contributed by atoms with Crippen molar-refractivity contribution in [2.75, 3.05) is 13.2 Å². The predicted molar refractivity (Wildman–Crippen MR) is 75.9 cm³/mol. The van der Waals surface area contributed by atoms with Crippen LogP contribution in [0.25, 0.3) is 0 Å². The number of rotatable bonds is 5. The van der Waals surface area contributed by atoms with Gasteiger partial charge in [-0.25, -0.2) is 0 Å². The molecular formula is C16H27NO3. The van der Waals surface area contributed by atoms with E-state index in [1.807, 2.05) is 0 Å². The third-order valence-corrected chi connectivity index (χ3v) is 5.84. The van der Waals surface area contributed by atoms with Crippen LogP contribution in [-0.2, 0) is 4.79 Å². The standard InChI is InChI=1S/C16H27NO3/c1-15(9-18,10-19)17-14(20)8-16-5-11-2-12(6-16)4-13(3-11)7-16/h11-13,18-19H,2-10H2,1H3,(H,17,20). The molecule has 1 amide bonds. The van der Waals surface area contributed by atoms with Gasteiger partial charge in [-0.2, -0.15) is 0 Å². The van der Waals surface area contributed by atoms with Crippen molar-refractivity contribution in [3.8, 4) is 0 Å². The molecule has 20 heavy (non-hydrogen) atoms. The van der Waals surface area contributed by atoms with Crippen molar-refractivity contribution < 1.29 is 15.0 Å². The molecule has 4 saturated carbocycles. The zero-order valence-electron chi connectivity index (χ0n) is 12.4. The maximum Gasteiger partial charge on any atom is 0.221 e. The van der Waals surface area contributed by atoms with E-state index in [-0.39, 0.29) is 24.5 Å². The molecule has 4 aliphatic rings. The van der Waals surface area contributed by atoms with E-state index in [1.54, 1.807) is 6.92 Å². The van der Waals surface area contributed by atoms with Crippen molar-refractivity contribution in [3.63, 3.8) is 0 Å². The fraction of sp³-hybridized carbons (Fsp3) is 0.938. The molecule has 0 spiro atoms. The van der Waals surface area contributed by atoms with Crippen LogP contribution in [0.3, 0.4) is 0 Å². The second-order valence-electron chi connectivity index (χ2n) is 8.02. The quantitative estimate of drug-likeness (QED) is 0.714. The molecule has 0 radical (unpaired) electrons. The molecule has 4 aliphatic carbocycles. The van der Waals surface area contributed by atoms with E-state index in [1.165, 1.54) is 38.5 Å². The van der Waals surface area contributed by atoms with Crippen molar-refractivity contribution in [3.05, 3.63) is 0 Å². The number of carbonyl (C=O) groups excluding carboxylic acids is 1. The molecule has 0 aliphatic heterocycles. The summed E-state index contributed by atoms with van der Waals surface area (Å²) in [5.74, 6) is 2.53. The first-order valence-corrected chi connectivity index (χ1v) is 7.99. The third kappa shape index (κ3) is 2.60. The van der Waals surface area contributed by atoms with E-state index in [2.05, 4.69) is 5.32 Å². The number of hydrogen-bond acceptors (Lipinski definition) is 3. The van der Waals surface area contributed by atoms with Crippen molar-refractivity contribution in [1.82, 2.24) is 5.32 Å². The second-order valence-corrected chi connectivity index (χ2v) is 8.02. The van der Waals surface area contributed by atoms with Crippen molar-refractivity contribution in [2.24, 2.45) is 23.2 Å². The highest BCUT2D eigenvalue weighted by molar-refractivity contribution is 5.77. The Labute approximate surface area is 120 Å². The van der Waals surface area contributed by atoms with Crippen LogP contribution in [0.15, 0.2) is 0 Å². The smallest absolute Gasteiger partial charge is 0.221 e. The Morgan fingerprint density at radius 1 is 1.10 bits per heavy atom. The zero-order valence-corrected chi connectivity index (χ0v) is 12.4. The number of aliphatic hydroxyl groups excluding tert-OH is 2. The Hall–Kier alpha value is -0.610. The number of hydrogen-bond donors (Lipinski definition) is 3. The van der Waals surface area contributed by atoms with Gasteiger partial charge < -0.3 is 15.5 Å². The third-order valence-electron chi connectivity index (χ3n) is 5.84. The SMILES string of the molecule is CC(CO)(CO)NC(=O)CC12CC3CC(CC(C3)C1)C2. The lowest BCUT2D eigenvalue weighted by Gasteiger charge is -2.56. The molecule has 0 atom stereocenters. The summed E-state index contributed by atoms with van der Waals surface area (Å²) < 4.78 is 0. The Bertz CT molecular complexity index is 354. The molecule has 3 N–H and O–H groups in total. The fourth-order valence-corrected chi connectivity index (χ4v) is 5.36. The number of nitrogens with one attached hydrogen (secondary N) is 1. The first kappa shape index (κ1) is 14.3. The van der Waals surface area contributed by atoms with E-state index < -0.39 is 5.54 Å². The fourth-order valence-electron chi connectivity index (χ4n) is 5.36. The molecule has 0 aromatic heterocycles. The molecule has 0 heterocycles. The van der Waals surface area contributed by atoms with Crippen molar-refractivity contribution in [2.45, 2.75) is 57.4 Å². The lowest BCUT2D eigenvalue weighted by atomic mass is 9.49. The molecule has 4 heteroatoms. The van der Waals surface area contributed by atoms with Gasteiger partial charge in [0.1, 0.15) is 0 Å². The summed E-state index contributed by atoms with van der Waals surface area (Å²) in [6.45, 7) is 1.23. The van der Waals surface area contributed by atoms with E-state index in [9.17, 15) is 15.0 Å². The summed E-state index contributed by atoms with van der Waals surface area (Å²) in [5.41, 5.74) is -0.677. The molecule has 114 valence electrons. The highest BCUT2D eigenvalue weighted by Gasteiger charge is 2.51. The lowest BCUT2D eigenvalue weighted by Crippen LogP contribution is -2.54. The first-order valence-electron chi connectivity index (χ1n) is 7.99. The second kappa shape index (κ2) is 4.99. The van der Waals surface area contributed by atoms with Crippen molar-refractivity contribution in [1.29, 1.82) is 0 Å². The first-order chi connectivity index (χ1) is 9.46. The highest BCUT2D eigenvalue weighted by Crippen LogP contribution is 2.61. The van der Waals surface area contributed by atoms with Crippen LogP contribution in [0.5, 0.6) is 0 Å². The Kier molecular flexibility index (Phi) is 3.57. The highest BCUT2D eigenvalue weighted by atomic mass is 16.3. The number of aliphatic hydroxyl groups is 2.